The highest BCUT2D eigenvalue weighted by molar-refractivity contribution is 7.99. The van der Waals surface area contributed by atoms with E-state index >= 15 is 0 Å². The predicted molar refractivity (Wildman–Crippen MR) is 129 cm³/mol. The van der Waals surface area contributed by atoms with Crippen LogP contribution < -0.4 is 10.1 Å². The number of nitrogens with zero attached hydrogens (tertiary/aromatic N) is 3. The van der Waals surface area contributed by atoms with Crippen molar-refractivity contribution >= 4 is 34.1 Å². The zero-order valence-electron chi connectivity index (χ0n) is 17.8. The third kappa shape index (κ3) is 4.84. The Morgan fingerprint density at radius 1 is 1.09 bits per heavy atom. The molecule has 6 nitrogen and oxygen atoms in total. The first-order valence-corrected chi connectivity index (χ1v) is 11.2. The SMILES string of the molecule is C=CCn1c(Cc2cccc3ccccc23)nnc1SCC(=O)Nc1ccccc1OC. The van der Waals surface area contributed by atoms with Crippen LogP contribution in [0.15, 0.2) is 84.5 Å². The Kier molecular flexibility index (Phi) is 6.87. The van der Waals surface area contributed by atoms with Gasteiger partial charge in [0.2, 0.25) is 5.91 Å². The van der Waals surface area contributed by atoms with Crippen molar-refractivity contribution in [1.82, 2.24) is 14.8 Å². The van der Waals surface area contributed by atoms with Gasteiger partial charge in [-0.3, -0.25) is 4.79 Å². The number of methoxy groups -OCH3 is 1. The molecule has 0 saturated heterocycles. The van der Waals surface area contributed by atoms with Crippen molar-refractivity contribution in [2.24, 2.45) is 0 Å². The maximum Gasteiger partial charge on any atom is 0.234 e. The third-order valence-corrected chi connectivity index (χ3v) is 6.01. The summed E-state index contributed by atoms with van der Waals surface area (Å²) in [5.74, 6) is 1.54. The molecule has 0 atom stereocenters. The van der Waals surface area contributed by atoms with Gasteiger partial charge in [0, 0.05) is 13.0 Å². The molecular formula is C25H24N4O2S. The number of allylic oxidation sites excluding steroid dienone is 1. The highest BCUT2D eigenvalue weighted by atomic mass is 32.2. The Bertz CT molecular complexity index is 1250. The molecule has 4 rings (SSSR count). The molecule has 0 fully saturated rings. The van der Waals surface area contributed by atoms with Gasteiger partial charge in [-0.25, -0.2) is 0 Å². The van der Waals surface area contributed by atoms with Crippen LogP contribution in [-0.4, -0.2) is 33.5 Å². The van der Waals surface area contributed by atoms with E-state index in [2.05, 4.69) is 52.4 Å². The van der Waals surface area contributed by atoms with Gasteiger partial charge in [-0.05, 0) is 28.5 Å². The summed E-state index contributed by atoms with van der Waals surface area (Å²) in [6.07, 6.45) is 2.46. The van der Waals surface area contributed by atoms with Gasteiger partial charge in [0.25, 0.3) is 0 Å². The Morgan fingerprint density at radius 3 is 2.72 bits per heavy atom. The molecule has 0 saturated carbocycles. The molecule has 0 radical (unpaired) electrons. The molecule has 1 amide bonds. The highest BCUT2D eigenvalue weighted by Crippen LogP contribution is 2.25. The van der Waals surface area contributed by atoms with Crippen LogP contribution in [0, 0.1) is 0 Å². The molecule has 0 aliphatic heterocycles. The van der Waals surface area contributed by atoms with Gasteiger partial charge in [-0.1, -0.05) is 72.4 Å². The van der Waals surface area contributed by atoms with Crippen molar-refractivity contribution in [2.75, 3.05) is 18.2 Å². The van der Waals surface area contributed by atoms with E-state index in [0.29, 0.717) is 29.6 Å². The number of carbonyl (C=O) groups excluding carboxylic acids is 1. The molecular weight excluding hydrogens is 420 g/mol. The van der Waals surface area contributed by atoms with Gasteiger partial charge in [0.15, 0.2) is 5.16 Å². The number of rotatable bonds is 9. The number of aromatic nitrogens is 3. The largest absolute Gasteiger partial charge is 0.495 e. The number of hydrogen-bond donors (Lipinski definition) is 1. The molecule has 0 aliphatic rings. The summed E-state index contributed by atoms with van der Waals surface area (Å²) < 4.78 is 7.30. The van der Waals surface area contributed by atoms with Crippen LogP contribution in [0.4, 0.5) is 5.69 Å². The van der Waals surface area contributed by atoms with E-state index in [1.807, 2.05) is 47.0 Å². The second kappa shape index (κ2) is 10.2. The molecule has 162 valence electrons. The minimum atomic E-state index is -0.136. The molecule has 32 heavy (non-hydrogen) atoms. The zero-order chi connectivity index (χ0) is 22.3. The molecule has 1 N–H and O–H groups in total. The fourth-order valence-corrected chi connectivity index (χ4v) is 4.32. The zero-order valence-corrected chi connectivity index (χ0v) is 18.6. The number of amides is 1. The van der Waals surface area contributed by atoms with Crippen LogP contribution in [0.25, 0.3) is 10.8 Å². The van der Waals surface area contributed by atoms with Gasteiger partial charge >= 0.3 is 0 Å². The average molecular weight is 445 g/mol. The monoisotopic (exact) mass is 444 g/mol. The van der Waals surface area contributed by atoms with E-state index in [9.17, 15) is 4.79 Å². The van der Waals surface area contributed by atoms with Gasteiger partial charge in [-0.15, -0.1) is 16.8 Å². The van der Waals surface area contributed by atoms with Gasteiger partial charge in [0.1, 0.15) is 11.6 Å². The van der Waals surface area contributed by atoms with Crippen LogP contribution in [0.5, 0.6) is 5.75 Å². The first kappa shape index (κ1) is 21.6. The summed E-state index contributed by atoms with van der Waals surface area (Å²) in [7, 11) is 1.58. The Hall–Kier alpha value is -3.58. The smallest absolute Gasteiger partial charge is 0.234 e. The first-order chi connectivity index (χ1) is 15.7. The number of para-hydroxylation sites is 2. The second-order valence-electron chi connectivity index (χ2n) is 7.15. The predicted octanol–water partition coefficient (Wildman–Crippen LogP) is 4.95. The topological polar surface area (TPSA) is 69.0 Å². The lowest BCUT2D eigenvalue weighted by Gasteiger charge is -2.11. The van der Waals surface area contributed by atoms with Gasteiger partial charge in [-0.2, -0.15) is 0 Å². The van der Waals surface area contributed by atoms with Crippen molar-refractivity contribution in [1.29, 1.82) is 0 Å². The minimum absolute atomic E-state index is 0.136. The lowest BCUT2D eigenvalue weighted by Crippen LogP contribution is -2.15. The van der Waals surface area contributed by atoms with Crippen LogP contribution >= 0.6 is 11.8 Å². The summed E-state index contributed by atoms with van der Waals surface area (Å²) in [6.45, 7) is 4.44. The molecule has 0 unspecified atom stereocenters. The van der Waals surface area contributed by atoms with E-state index in [4.69, 9.17) is 4.74 Å². The van der Waals surface area contributed by atoms with Crippen LogP contribution in [0.1, 0.15) is 11.4 Å². The number of ether oxygens (including phenoxy) is 1. The third-order valence-electron chi connectivity index (χ3n) is 5.05. The number of carbonyl (C=O) groups is 1. The lowest BCUT2D eigenvalue weighted by molar-refractivity contribution is -0.113. The summed E-state index contributed by atoms with van der Waals surface area (Å²) in [5, 5.41) is 14.7. The second-order valence-corrected chi connectivity index (χ2v) is 8.09. The number of nitrogens with one attached hydrogen (secondary N) is 1. The van der Waals surface area contributed by atoms with E-state index in [-0.39, 0.29) is 11.7 Å². The van der Waals surface area contributed by atoms with Crippen LogP contribution in [-0.2, 0) is 17.8 Å². The van der Waals surface area contributed by atoms with E-state index < -0.39 is 0 Å². The number of thioether (sulfide) groups is 1. The molecule has 4 aromatic rings. The van der Waals surface area contributed by atoms with E-state index in [0.717, 1.165) is 5.82 Å². The standard InChI is InChI=1S/C25H24N4O2S/c1-3-15-29-23(16-19-11-8-10-18-9-4-5-12-20(18)19)27-28-25(29)32-17-24(30)26-21-13-6-7-14-22(21)31-2/h3-14H,1,15-17H2,2H3,(H,26,30). The molecule has 1 heterocycles. The van der Waals surface area contributed by atoms with Crippen molar-refractivity contribution in [3.63, 3.8) is 0 Å². The Labute approximate surface area is 191 Å². The summed E-state index contributed by atoms with van der Waals surface area (Å²) in [5.41, 5.74) is 1.83. The molecule has 7 heteroatoms. The maximum atomic E-state index is 12.5. The summed E-state index contributed by atoms with van der Waals surface area (Å²) in [4.78, 5) is 12.5. The van der Waals surface area contributed by atoms with Crippen molar-refractivity contribution in [3.05, 3.63) is 90.8 Å². The van der Waals surface area contributed by atoms with Crippen LogP contribution in [0.3, 0.4) is 0 Å². The summed E-state index contributed by atoms with van der Waals surface area (Å²) >= 11 is 1.35. The normalized spacial score (nSPS) is 10.8. The quantitative estimate of drug-likeness (QED) is 0.292. The average Bonchev–Trinajstić information content (AvgIpc) is 3.20. The number of anilines is 1. The van der Waals surface area contributed by atoms with E-state index in [1.54, 1.807) is 7.11 Å². The number of hydrogen-bond acceptors (Lipinski definition) is 5. The number of benzene rings is 3. The lowest BCUT2D eigenvalue weighted by atomic mass is 10.0. The minimum Gasteiger partial charge on any atom is -0.495 e. The Morgan fingerprint density at radius 2 is 1.88 bits per heavy atom. The van der Waals surface area contributed by atoms with Gasteiger partial charge < -0.3 is 14.6 Å². The molecule has 3 aromatic carbocycles. The maximum absolute atomic E-state index is 12.5. The fourth-order valence-electron chi connectivity index (χ4n) is 3.55. The molecule has 1 aromatic heterocycles. The van der Waals surface area contributed by atoms with E-state index in [1.165, 1.54) is 28.1 Å². The van der Waals surface area contributed by atoms with Crippen molar-refractivity contribution in [3.8, 4) is 5.75 Å². The van der Waals surface area contributed by atoms with Crippen LogP contribution in [0.2, 0.25) is 0 Å². The summed E-state index contributed by atoms with van der Waals surface area (Å²) in [6, 6.07) is 21.9. The van der Waals surface area contributed by atoms with Gasteiger partial charge in [0.05, 0.1) is 18.6 Å². The molecule has 0 bridgehead atoms. The Balaban J connectivity index is 1.49. The fraction of sp³-hybridized carbons (Fsp3) is 0.160. The number of fused-ring (bicyclic) bond motifs is 1. The molecule has 0 spiro atoms. The van der Waals surface area contributed by atoms with Crippen molar-refractivity contribution < 1.29 is 9.53 Å². The van der Waals surface area contributed by atoms with Crippen molar-refractivity contribution in [2.45, 2.75) is 18.1 Å². The molecule has 0 aliphatic carbocycles. The highest BCUT2D eigenvalue weighted by Gasteiger charge is 2.15. The first-order valence-electron chi connectivity index (χ1n) is 10.2.